The van der Waals surface area contributed by atoms with Crippen molar-refractivity contribution in [3.63, 3.8) is 0 Å². The van der Waals surface area contributed by atoms with Gasteiger partial charge in [0, 0.05) is 17.9 Å². The van der Waals surface area contributed by atoms with Crippen LogP contribution in [0.4, 0.5) is 0 Å². The first-order valence-electron chi connectivity index (χ1n) is 13.5. The van der Waals surface area contributed by atoms with E-state index in [1.807, 2.05) is 31.3 Å². The van der Waals surface area contributed by atoms with E-state index < -0.39 is 11.6 Å². The summed E-state index contributed by atoms with van der Waals surface area (Å²) in [4.78, 5) is 18.0. The van der Waals surface area contributed by atoms with Crippen LogP contribution in [0.5, 0.6) is 5.75 Å². The van der Waals surface area contributed by atoms with Crippen LogP contribution >= 0.6 is 0 Å². The number of esters is 1. The zero-order valence-corrected chi connectivity index (χ0v) is 23.6. The van der Waals surface area contributed by atoms with Gasteiger partial charge in [0.2, 0.25) is 0 Å². The Hall–Kier alpha value is -2.40. The van der Waals surface area contributed by atoms with Gasteiger partial charge in [0.25, 0.3) is 0 Å². The molecule has 0 amide bonds. The number of benzene rings is 1. The van der Waals surface area contributed by atoms with Crippen LogP contribution < -0.4 is 5.32 Å². The molecule has 1 aliphatic carbocycles. The zero-order chi connectivity index (χ0) is 26.7. The van der Waals surface area contributed by atoms with Crippen LogP contribution in [0, 0.1) is 5.92 Å². The molecule has 2 N–H and O–H groups in total. The molecule has 1 aromatic carbocycles. The summed E-state index contributed by atoms with van der Waals surface area (Å²) >= 11 is 0. The number of pyridine rings is 1. The molecular weight excluding hydrogens is 448 g/mol. The van der Waals surface area contributed by atoms with Gasteiger partial charge in [-0.1, -0.05) is 66.9 Å². The Bertz CT molecular complexity index is 995. The summed E-state index contributed by atoms with van der Waals surface area (Å²) in [6.07, 6.45) is 9.54. The number of hydrogen-bond donors (Lipinski definition) is 2. The molecule has 0 radical (unpaired) electrons. The predicted molar refractivity (Wildman–Crippen MR) is 146 cm³/mol. The molecule has 0 saturated heterocycles. The largest absolute Gasteiger partial charge is 0.507 e. The molecule has 3 rings (SSSR count). The van der Waals surface area contributed by atoms with E-state index in [1.54, 1.807) is 6.20 Å². The maximum Gasteiger partial charge on any atom is 0.327 e. The van der Waals surface area contributed by atoms with Crippen molar-refractivity contribution in [2.75, 3.05) is 6.61 Å². The highest BCUT2D eigenvalue weighted by atomic mass is 16.5. The van der Waals surface area contributed by atoms with Crippen LogP contribution in [0.3, 0.4) is 0 Å². The van der Waals surface area contributed by atoms with Crippen LogP contribution in [0.25, 0.3) is 0 Å². The number of rotatable bonds is 7. The Kier molecular flexibility index (Phi) is 8.55. The molecule has 1 heterocycles. The quantitative estimate of drug-likeness (QED) is 0.403. The third-order valence-electron chi connectivity index (χ3n) is 7.73. The molecule has 2 atom stereocenters. The number of phenolic OH excluding ortho intramolecular Hbond substituents is 1. The molecule has 0 aliphatic heterocycles. The average Bonchev–Trinajstić information content (AvgIpc) is 2.82. The van der Waals surface area contributed by atoms with E-state index in [2.05, 4.69) is 64.8 Å². The van der Waals surface area contributed by atoms with Crippen molar-refractivity contribution in [3.05, 3.63) is 58.9 Å². The molecule has 5 nitrogen and oxygen atoms in total. The average molecular weight is 495 g/mol. The molecule has 1 aromatic heterocycles. The van der Waals surface area contributed by atoms with Crippen molar-refractivity contribution >= 4 is 5.97 Å². The van der Waals surface area contributed by atoms with Crippen LogP contribution in [0.15, 0.2) is 36.7 Å². The predicted octanol–water partition coefficient (Wildman–Crippen LogP) is 7.07. The molecule has 36 heavy (non-hydrogen) atoms. The topological polar surface area (TPSA) is 71.5 Å². The fourth-order valence-corrected chi connectivity index (χ4v) is 5.56. The Balaban J connectivity index is 2.21. The number of hydrogen-bond acceptors (Lipinski definition) is 5. The Morgan fingerprint density at radius 3 is 2.11 bits per heavy atom. The fourth-order valence-electron chi connectivity index (χ4n) is 5.56. The van der Waals surface area contributed by atoms with E-state index in [-0.39, 0.29) is 16.8 Å². The van der Waals surface area contributed by atoms with Crippen molar-refractivity contribution in [1.29, 1.82) is 0 Å². The number of nitrogens with zero attached hydrogens (tertiary/aromatic N) is 1. The summed E-state index contributed by atoms with van der Waals surface area (Å²) in [5.41, 5.74) is 2.52. The standard InChI is InChI=1S/C31H46N2O3/c1-9-36-28(35)26(21-18-24(29(2,3)4)27(34)25(19-21)30(5,6)7)33-31(8,22-14-11-10-12-15-22)23-16-13-17-32-20-23/h13,16-20,22,26,33-34H,9-12,14-15H2,1-8H3. The van der Waals surface area contributed by atoms with Gasteiger partial charge in [0.15, 0.2) is 0 Å². The molecule has 5 heteroatoms. The second-order valence-corrected chi connectivity index (χ2v) is 12.6. The van der Waals surface area contributed by atoms with Gasteiger partial charge in [-0.15, -0.1) is 0 Å². The van der Waals surface area contributed by atoms with Crippen LogP contribution in [-0.4, -0.2) is 22.7 Å². The number of ether oxygens (including phenoxy) is 1. The number of carbonyl (C=O) groups excluding carboxylic acids is 1. The summed E-state index contributed by atoms with van der Waals surface area (Å²) < 4.78 is 5.63. The molecular formula is C31H46N2O3. The highest BCUT2D eigenvalue weighted by molar-refractivity contribution is 5.78. The Morgan fingerprint density at radius 2 is 1.64 bits per heavy atom. The Morgan fingerprint density at radius 1 is 1.06 bits per heavy atom. The molecule has 0 spiro atoms. The van der Waals surface area contributed by atoms with E-state index >= 15 is 0 Å². The highest BCUT2D eigenvalue weighted by Crippen LogP contribution is 2.44. The molecule has 1 saturated carbocycles. The minimum atomic E-state index is -0.681. The maximum absolute atomic E-state index is 13.6. The van der Waals surface area contributed by atoms with Crippen molar-refractivity contribution < 1.29 is 14.6 Å². The van der Waals surface area contributed by atoms with Crippen molar-refractivity contribution in [2.45, 2.75) is 110 Å². The number of phenols is 1. The van der Waals surface area contributed by atoms with Crippen LogP contribution in [0.2, 0.25) is 0 Å². The smallest absolute Gasteiger partial charge is 0.327 e. The molecule has 1 aliphatic rings. The van der Waals surface area contributed by atoms with Gasteiger partial charge < -0.3 is 9.84 Å². The lowest BCUT2D eigenvalue weighted by atomic mass is 9.71. The summed E-state index contributed by atoms with van der Waals surface area (Å²) in [6.45, 7) is 16.9. The number of nitrogens with one attached hydrogen (secondary N) is 1. The Labute approximate surface area is 218 Å². The summed E-state index contributed by atoms with van der Waals surface area (Å²) in [5, 5.41) is 15.1. The van der Waals surface area contributed by atoms with Crippen LogP contribution in [-0.2, 0) is 25.9 Å². The van der Waals surface area contributed by atoms with E-state index in [1.165, 1.54) is 19.3 Å². The maximum atomic E-state index is 13.6. The number of aromatic hydroxyl groups is 1. The summed E-state index contributed by atoms with van der Waals surface area (Å²) in [6, 6.07) is 7.37. The van der Waals surface area contributed by atoms with Gasteiger partial charge in [-0.3, -0.25) is 10.3 Å². The fraction of sp³-hybridized carbons (Fsp3) is 0.613. The molecule has 2 aromatic rings. The lowest BCUT2D eigenvalue weighted by Gasteiger charge is -2.43. The first-order valence-corrected chi connectivity index (χ1v) is 13.5. The minimum absolute atomic E-state index is 0.296. The van der Waals surface area contributed by atoms with Gasteiger partial charge in [-0.05, 0) is 83.9 Å². The van der Waals surface area contributed by atoms with Crippen molar-refractivity contribution in [1.82, 2.24) is 10.3 Å². The zero-order valence-electron chi connectivity index (χ0n) is 23.6. The third-order valence-corrected chi connectivity index (χ3v) is 7.73. The van der Waals surface area contributed by atoms with E-state index in [4.69, 9.17) is 4.74 Å². The first kappa shape index (κ1) is 28.2. The molecule has 0 bridgehead atoms. The van der Waals surface area contributed by atoms with E-state index in [0.717, 1.165) is 35.1 Å². The lowest BCUT2D eigenvalue weighted by Crippen LogP contribution is -2.50. The van der Waals surface area contributed by atoms with Gasteiger partial charge in [0.05, 0.1) is 6.61 Å². The molecule has 2 unspecified atom stereocenters. The monoisotopic (exact) mass is 494 g/mol. The van der Waals surface area contributed by atoms with Crippen molar-refractivity contribution in [3.8, 4) is 5.75 Å². The summed E-state index contributed by atoms with van der Waals surface area (Å²) in [7, 11) is 0. The van der Waals surface area contributed by atoms with Crippen LogP contribution in [0.1, 0.15) is 116 Å². The minimum Gasteiger partial charge on any atom is -0.507 e. The first-order chi connectivity index (χ1) is 16.8. The van der Waals surface area contributed by atoms with Gasteiger partial charge in [-0.25, -0.2) is 4.79 Å². The van der Waals surface area contributed by atoms with Gasteiger partial charge >= 0.3 is 5.97 Å². The lowest BCUT2D eigenvalue weighted by molar-refractivity contribution is -0.146. The second-order valence-electron chi connectivity index (χ2n) is 12.6. The summed E-state index contributed by atoms with van der Waals surface area (Å²) in [5.74, 6) is 0.381. The number of carbonyl (C=O) groups is 1. The SMILES string of the molecule is CCOC(=O)C(NC(C)(c1cccnc1)C1CCCCC1)c1cc(C(C)(C)C)c(O)c(C(C)(C)C)c1. The van der Waals surface area contributed by atoms with Crippen molar-refractivity contribution in [2.24, 2.45) is 5.92 Å². The van der Waals surface area contributed by atoms with E-state index in [0.29, 0.717) is 18.3 Å². The highest BCUT2D eigenvalue weighted by Gasteiger charge is 2.41. The number of aromatic nitrogens is 1. The second kappa shape index (κ2) is 10.9. The van der Waals surface area contributed by atoms with E-state index in [9.17, 15) is 9.90 Å². The third kappa shape index (κ3) is 6.11. The normalized spacial score (nSPS) is 17.9. The van der Waals surface area contributed by atoms with Gasteiger partial charge in [0.1, 0.15) is 11.8 Å². The molecule has 1 fully saturated rings. The molecule has 198 valence electrons. The van der Waals surface area contributed by atoms with Gasteiger partial charge in [-0.2, -0.15) is 0 Å².